The first-order valence-electron chi connectivity index (χ1n) is 9.30. The normalized spacial score (nSPS) is 23.8. The van der Waals surface area contributed by atoms with Gasteiger partial charge in [0.05, 0.1) is 17.3 Å². The zero-order chi connectivity index (χ0) is 19.0. The van der Waals surface area contributed by atoms with Gasteiger partial charge in [0, 0.05) is 28.6 Å². The highest BCUT2D eigenvalue weighted by Gasteiger charge is 2.54. The average Bonchev–Trinajstić information content (AvgIpc) is 3.35. The molecule has 27 heavy (non-hydrogen) atoms. The summed E-state index contributed by atoms with van der Waals surface area (Å²) >= 11 is 1.79. The summed E-state index contributed by atoms with van der Waals surface area (Å²) in [5.74, 6) is -0.813. The Hall–Kier alpha value is -2.08. The van der Waals surface area contributed by atoms with E-state index in [1.54, 1.807) is 16.0 Å². The third-order valence-corrected chi connectivity index (χ3v) is 7.64. The number of hydrogen-bond acceptors (Lipinski definition) is 3. The van der Waals surface area contributed by atoms with Gasteiger partial charge in [0.15, 0.2) is 5.82 Å². The molecule has 2 atom stereocenters. The standard InChI is InChI=1S/C21H21F2N3S/c1-20(2,3)17-11-24-19(27-17)21-7-6-12(9-21)18-14(21)10-25-26(18)16-5-4-13(22)8-15(16)23/h4-5,8,10-12H,6-7,9H2,1-3H3. The number of aromatic nitrogens is 3. The van der Waals surface area contributed by atoms with Crippen LogP contribution in [0.1, 0.15) is 67.1 Å². The molecule has 5 rings (SSSR count). The zero-order valence-electron chi connectivity index (χ0n) is 15.6. The van der Waals surface area contributed by atoms with Gasteiger partial charge >= 0.3 is 0 Å². The maximum absolute atomic E-state index is 14.4. The van der Waals surface area contributed by atoms with Crippen molar-refractivity contribution in [2.45, 2.75) is 56.8 Å². The van der Waals surface area contributed by atoms with E-state index in [0.29, 0.717) is 11.6 Å². The molecule has 140 valence electrons. The van der Waals surface area contributed by atoms with Gasteiger partial charge in [-0.2, -0.15) is 5.10 Å². The highest BCUT2D eigenvalue weighted by Crippen LogP contribution is 2.61. The molecule has 0 radical (unpaired) electrons. The van der Waals surface area contributed by atoms with Gasteiger partial charge in [0.1, 0.15) is 16.5 Å². The van der Waals surface area contributed by atoms with Gasteiger partial charge in [-0.3, -0.25) is 0 Å². The minimum absolute atomic E-state index is 0.0768. The second-order valence-corrected chi connectivity index (χ2v) is 9.78. The molecule has 0 spiro atoms. The topological polar surface area (TPSA) is 30.7 Å². The highest BCUT2D eigenvalue weighted by atomic mass is 32.1. The van der Waals surface area contributed by atoms with Crippen LogP contribution < -0.4 is 0 Å². The maximum Gasteiger partial charge on any atom is 0.151 e. The van der Waals surface area contributed by atoms with Crippen molar-refractivity contribution in [1.29, 1.82) is 0 Å². The fourth-order valence-electron chi connectivity index (χ4n) is 4.64. The minimum atomic E-state index is -0.581. The van der Waals surface area contributed by atoms with Gasteiger partial charge in [-0.05, 0) is 36.8 Å². The fraction of sp³-hybridized carbons (Fsp3) is 0.429. The third kappa shape index (κ3) is 2.35. The molecule has 0 aliphatic heterocycles. The van der Waals surface area contributed by atoms with Crippen molar-refractivity contribution in [3.05, 3.63) is 63.4 Å². The molecule has 0 amide bonds. The minimum Gasteiger partial charge on any atom is -0.248 e. The maximum atomic E-state index is 14.4. The number of nitrogens with zero attached hydrogens (tertiary/aromatic N) is 3. The van der Waals surface area contributed by atoms with E-state index in [1.807, 2.05) is 12.4 Å². The largest absolute Gasteiger partial charge is 0.248 e. The summed E-state index contributed by atoms with van der Waals surface area (Å²) in [6.07, 6.45) is 6.98. The van der Waals surface area contributed by atoms with Gasteiger partial charge in [-0.15, -0.1) is 11.3 Å². The quantitative estimate of drug-likeness (QED) is 0.585. The Morgan fingerprint density at radius 2 is 2.04 bits per heavy atom. The summed E-state index contributed by atoms with van der Waals surface area (Å²) in [7, 11) is 0. The van der Waals surface area contributed by atoms with Gasteiger partial charge in [0.25, 0.3) is 0 Å². The summed E-state index contributed by atoms with van der Waals surface area (Å²) in [6.45, 7) is 6.61. The fourth-order valence-corrected chi connectivity index (χ4v) is 5.86. The monoisotopic (exact) mass is 385 g/mol. The Morgan fingerprint density at radius 1 is 1.22 bits per heavy atom. The van der Waals surface area contributed by atoms with Crippen LogP contribution in [0.5, 0.6) is 0 Å². The third-order valence-electron chi connectivity index (χ3n) is 6.02. The number of thiazole rings is 1. The number of rotatable bonds is 2. The molecular weight excluding hydrogens is 364 g/mol. The Morgan fingerprint density at radius 3 is 2.74 bits per heavy atom. The molecule has 0 N–H and O–H groups in total. The van der Waals surface area contributed by atoms with Crippen molar-refractivity contribution < 1.29 is 8.78 Å². The molecule has 2 aliphatic rings. The van der Waals surface area contributed by atoms with Crippen LogP contribution in [0.4, 0.5) is 8.78 Å². The molecule has 1 aromatic carbocycles. The molecule has 2 unspecified atom stereocenters. The van der Waals surface area contributed by atoms with Gasteiger partial charge < -0.3 is 0 Å². The van der Waals surface area contributed by atoms with Crippen LogP contribution in [0.15, 0.2) is 30.6 Å². The zero-order valence-corrected chi connectivity index (χ0v) is 16.4. The van der Waals surface area contributed by atoms with Gasteiger partial charge in [-0.1, -0.05) is 20.8 Å². The van der Waals surface area contributed by atoms with Crippen LogP contribution in [0, 0.1) is 11.6 Å². The number of fused-ring (bicyclic) bond motifs is 5. The second-order valence-electron chi connectivity index (χ2n) is 8.75. The molecule has 1 saturated carbocycles. The molecule has 3 aromatic rings. The van der Waals surface area contributed by atoms with E-state index in [4.69, 9.17) is 4.98 Å². The first-order chi connectivity index (χ1) is 12.8. The Bertz CT molecular complexity index is 1050. The van der Waals surface area contributed by atoms with Crippen molar-refractivity contribution in [3.63, 3.8) is 0 Å². The van der Waals surface area contributed by atoms with Crippen LogP contribution in [-0.4, -0.2) is 14.8 Å². The van der Waals surface area contributed by atoms with Crippen molar-refractivity contribution in [2.24, 2.45) is 0 Å². The van der Waals surface area contributed by atoms with Gasteiger partial charge in [-0.25, -0.2) is 18.4 Å². The number of benzene rings is 1. The van der Waals surface area contributed by atoms with E-state index in [0.717, 1.165) is 41.6 Å². The predicted molar refractivity (Wildman–Crippen MR) is 102 cm³/mol. The van der Waals surface area contributed by atoms with E-state index in [1.165, 1.54) is 17.0 Å². The van der Waals surface area contributed by atoms with Crippen LogP contribution in [0.3, 0.4) is 0 Å². The smallest absolute Gasteiger partial charge is 0.151 e. The van der Waals surface area contributed by atoms with Crippen molar-refractivity contribution >= 4 is 11.3 Å². The highest BCUT2D eigenvalue weighted by molar-refractivity contribution is 7.12. The summed E-state index contributed by atoms with van der Waals surface area (Å²) in [5, 5.41) is 5.64. The van der Waals surface area contributed by atoms with E-state index in [-0.39, 0.29) is 10.8 Å². The average molecular weight is 385 g/mol. The Kier molecular flexibility index (Phi) is 3.46. The summed E-state index contributed by atoms with van der Waals surface area (Å²) < 4.78 is 29.4. The Labute approximate surface area is 161 Å². The van der Waals surface area contributed by atoms with E-state index in [2.05, 4.69) is 25.9 Å². The number of halogens is 2. The van der Waals surface area contributed by atoms with Crippen molar-refractivity contribution in [3.8, 4) is 5.69 Å². The molecule has 6 heteroatoms. The lowest BCUT2D eigenvalue weighted by atomic mass is 9.82. The molecule has 2 aromatic heterocycles. The molecule has 2 heterocycles. The summed E-state index contributed by atoms with van der Waals surface area (Å²) in [5.41, 5.74) is 2.52. The number of hydrogen-bond donors (Lipinski definition) is 0. The van der Waals surface area contributed by atoms with Crippen molar-refractivity contribution in [2.75, 3.05) is 0 Å². The summed E-state index contributed by atoms with van der Waals surface area (Å²) in [4.78, 5) is 6.08. The molecule has 2 aliphatic carbocycles. The van der Waals surface area contributed by atoms with E-state index in [9.17, 15) is 8.78 Å². The van der Waals surface area contributed by atoms with Crippen molar-refractivity contribution in [1.82, 2.24) is 14.8 Å². The van der Waals surface area contributed by atoms with E-state index >= 15 is 0 Å². The molecular formula is C21H21F2N3S. The molecule has 2 bridgehead atoms. The lowest BCUT2D eigenvalue weighted by Gasteiger charge is -2.24. The SMILES string of the molecule is CC(C)(C)c1cnc(C23CCC(C2)c2c3cnn2-c2ccc(F)cc2F)s1. The second kappa shape index (κ2) is 5.47. The van der Waals surface area contributed by atoms with E-state index < -0.39 is 11.6 Å². The Balaban J connectivity index is 1.63. The first kappa shape index (κ1) is 17.0. The molecule has 1 fully saturated rings. The van der Waals surface area contributed by atoms with Crippen LogP contribution in [0.2, 0.25) is 0 Å². The first-order valence-corrected chi connectivity index (χ1v) is 10.1. The van der Waals surface area contributed by atoms with Crippen LogP contribution in [0.25, 0.3) is 5.69 Å². The van der Waals surface area contributed by atoms with Crippen LogP contribution in [-0.2, 0) is 10.8 Å². The van der Waals surface area contributed by atoms with Gasteiger partial charge in [0.2, 0.25) is 0 Å². The molecule has 3 nitrogen and oxygen atoms in total. The summed E-state index contributed by atoms with van der Waals surface area (Å²) in [6, 6.07) is 3.67. The molecule has 0 saturated heterocycles. The lowest BCUT2D eigenvalue weighted by molar-refractivity contribution is 0.546. The predicted octanol–water partition coefficient (Wildman–Crippen LogP) is 5.47. The lowest BCUT2D eigenvalue weighted by Crippen LogP contribution is -2.22. The van der Waals surface area contributed by atoms with Crippen LogP contribution >= 0.6 is 11.3 Å².